The number of hydrogen-bond donors (Lipinski definition) is 0. The fraction of sp³-hybridized carbons (Fsp3) is 0.526. The Bertz CT molecular complexity index is 717. The van der Waals surface area contributed by atoms with Crippen molar-refractivity contribution in [3.05, 3.63) is 41.2 Å². The molecule has 0 aliphatic heterocycles. The molecule has 0 aliphatic carbocycles. The summed E-state index contributed by atoms with van der Waals surface area (Å²) in [7, 11) is 4.18. The minimum Gasteiger partial charge on any atom is -0.305 e. The van der Waals surface area contributed by atoms with Crippen molar-refractivity contribution in [2.75, 3.05) is 14.1 Å². The van der Waals surface area contributed by atoms with Gasteiger partial charge in [-0.3, -0.25) is 4.90 Å². The average Bonchev–Trinajstić information content (AvgIpc) is 3.01. The van der Waals surface area contributed by atoms with Gasteiger partial charge in [0.1, 0.15) is 0 Å². The second-order valence-electron chi connectivity index (χ2n) is 6.33. The molecule has 1 aromatic heterocycles. The molecule has 0 radical (unpaired) electrons. The van der Waals surface area contributed by atoms with Gasteiger partial charge in [0.25, 0.3) is 0 Å². The number of nitrogens with zero attached hydrogens (tertiary/aromatic N) is 5. The van der Waals surface area contributed by atoms with E-state index in [-0.39, 0.29) is 6.04 Å². The number of hydrogen-bond acceptors (Lipinski definition) is 5. The maximum Gasteiger partial charge on any atom is 0.191 e. The summed E-state index contributed by atoms with van der Waals surface area (Å²) < 4.78 is 2.27. The first-order chi connectivity index (χ1) is 12.1. The molecular weight excluding hydrogens is 330 g/mol. The minimum absolute atomic E-state index is 0.278. The minimum atomic E-state index is 0.278. The summed E-state index contributed by atoms with van der Waals surface area (Å²) in [5, 5.41) is 19.0. The average molecular weight is 358 g/mol. The number of nitriles is 1. The van der Waals surface area contributed by atoms with Crippen LogP contribution in [0.15, 0.2) is 29.4 Å². The van der Waals surface area contributed by atoms with E-state index in [9.17, 15) is 0 Å². The maximum absolute atomic E-state index is 9.04. The third-order valence-electron chi connectivity index (χ3n) is 4.21. The van der Waals surface area contributed by atoms with Gasteiger partial charge in [0, 0.05) is 12.3 Å². The first-order valence-corrected chi connectivity index (χ1v) is 9.80. The Morgan fingerprint density at radius 1 is 1.28 bits per heavy atom. The smallest absolute Gasteiger partial charge is 0.191 e. The van der Waals surface area contributed by atoms with E-state index in [0.717, 1.165) is 48.1 Å². The maximum atomic E-state index is 9.04. The lowest BCUT2D eigenvalue weighted by Crippen LogP contribution is -2.23. The normalized spacial score (nSPS) is 12.3. The molecule has 1 aromatic carbocycles. The molecule has 0 spiro atoms. The Morgan fingerprint density at radius 3 is 2.72 bits per heavy atom. The standard InChI is InChI=1S/C19H27N5S/c1-5-7-11-24-18(17(6-2)23(3)4)21-22-19(24)25-14-16-10-8-9-15(12-16)13-20/h8-10,12,17H,5-7,11,14H2,1-4H3. The van der Waals surface area contributed by atoms with Crippen molar-refractivity contribution in [1.82, 2.24) is 19.7 Å². The highest BCUT2D eigenvalue weighted by Gasteiger charge is 2.21. The van der Waals surface area contributed by atoms with Gasteiger partial charge in [-0.25, -0.2) is 0 Å². The SMILES string of the molecule is CCCCn1c(SCc2cccc(C#N)c2)nnc1C(CC)N(C)C. The molecule has 25 heavy (non-hydrogen) atoms. The molecule has 0 saturated heterocycles. The molecule has 0 amide bonds. The topological polar surface area (TPSA) is 57.7 Å². The van der Waals surface area contributed by atoms with E-state index in [1.807, 2.05) is 18.2 Å². The highest BCUT2D eigenvalue weighted by Crippen LogP contribution is 2.27. The third kappa shape index (κ3) is 5.07. The van der Waals surface area contributed by atoms with Crippen LogP contribution in [0.5, 0.6) is 0 Å². The highest BCUT2D eigenvalue weighted by molar-refractivity contribution is 7.98. The van der Waals surface area contributed by atoms with Gasteiger partial charge < -0.3 is 4.57 Å². The Labute approximate surface area is 155 Å². The lowest BCUT2D eigenvalue weighted by Gasteiger charge is -2.23. The van der Waals surface area contributed by atoms with Crippen LogP contribution in [0.2, 0.25) is 0 Å². The zero-order valence-corrected chi connectivity index (χ0v) is 16.4. The summed E-state index contributed by atoms with van der Waals surface area (Å²) >= 11 is 1.69. The fourth-order valence-corrected chi connectivity index (χ4v) is 3.75. The van der Waals surface area contributed by atoms with Crippen LogP contribution in [0.25, 0.3) is 0 Å². The Balaban J connectivity index is 2.21. The second kappa shape index (κ2) is 9.59. The van der Waals surface area contributed by atoms with Gasteiger partial charge >= 0.3 is 0 Å². The van der Waals surface area contributed by atoms with Gasteiger partial charge in [0.2, 0.25) is 0 Å². The van der Waals surface area contributed by atoms with Crippen molar-refractivity contribution < 1.29 is 0 Å². The molecule has 2 rings (SSSR count). The van der Waals surface area contributed by atoms with E-state index in [1.54, 1.807) is 11.8 Å². The molecule has 2 aromatic rings. The van der Waals surface area contributed by atoms with Crippen LogP contribution in [0.3, 0.4) is 0 Å². The largest absolute Gasteiger partial charge is 0.305 e. The summed E-state index contributed by atoms with van der Waals surface area (Å²) in [5.74, 6) is 1.84. The Morgan fingerprint density at radius 2 is 2.08 bits per heavy atom. The zero-order chi connectivity index (χ0) is 18.2. The van der Waals surface area contributed by atoms with E-state index < -0.39 is 0 Å². The third-order valence-corrected chi connectivity index (χ3v) is 5.25. The lowest BCUT2D eigenvalue weighted by molar-refractivity contribution is 0.270. The number of aromatic nitrogens is 3. The van der Waals surface area contributed by atoms with Gasteiger partial charge in [0.05, 0.1) is 17.7 Å². The monoisotopic (exact) mass is 357 g/mol. The fourth-order valence-electron chi connectivity index (χ4n) is 2.84. The van der Waals surface area contributed by atoms with Crippen molar-refractivity contribution in [2.24, 2.45) is 0 Å². The van der Waals surface area contributed by atoms with Crippen LogP contribution in [-0.2, 0) is 12.3 Å². The molecule has 0 N–H and O–H groups in total. The first kappa shape index (κ1) is 19.5. The van der Waals surface area contributed by atoms with E-state index in [2.05, 4.69) is 59.7 Å². The molecule has 1 unspecified atom stereocenters. The van der Waals surface area contributed by atoms with E-state index in [4.69, 9.17) is 5.26 Å². The van der Waals surface area contributed by atoms with Gasteiger partial charge in [-0.05, 0) is 44.6 Å². The molecule has 5 nitrogen and oxygen atoms in total. The van der Waals surface area contributed by atoms with Crippen LogP contribution in [0, 0.1) is 11.3 Å². The van der Waals surface area contributed by atoms with Crippen LogP contribution in [0.4, 0.5) is 0 Å². The van der Waals surface area contributed by atoms with Gasteiger partial charge in [-0.1, -0.05) is 44.2 Å². The van der Waals surface area contributed by atoms with Crippen LogP contribution < -0.4 is 0 Å². The van der Waals surface area contributed by atoms with Gasteiger partial charge in [0.15, 0.2) is 11.0 Å². The Kier molecular flexibility index (Phi) is 7.48. The van der Waals surface area contributed by atoms with Crippen molar-refractivity contribution in [3.63, 3.8) is 0 Å². The van der Waals surface area contributed by atoms with Crippen molar-refractivity contribution in [2.45, 2.75) is 56.6 Å². The lowest BCUT2D eigenvalue weighted by atomic mass is 10.2. The molecule has 6 heteroatoms. The van der Waals surface area contributed by atoms with Crippen LogP contribution >= 0.6 is 11.8 Å². The molecule has 0 bridgehead atoms. The summed E-state index contributed by atoms with van der Waals surface area (Å²) in [6.45, 7) is 5.33. The van der Waals surface area contributed by atoms with E-state index >= 15 is 0 Å². The quantitative estimate of drug-likeness (QED) is 0.628. The van der Waals surface area contributed by atoms with Crippen molar-refractivity contribution in [1.29, 1.82) is 5.26 Å². The van der Waals surface area contributed by atoms with E-state index in [0.29, 0.717) is 5.56 Å². The molecule has 1 heterocycles. The molecule has 134 valence electrons. The predicted molar refractivity (Wildman–Crippen MR) is 102 cm³/mol. The summed E-state index contributed by atoms with van der Waals surface area (Å²) in [6, 6.07) is 10.2. The predicted octanol–water partition coefficient (Wildman–Crippen LogP) is 4.25. The molecule has 0 aliphatic rings. The van der Waals surface area contributed by atoms with Crippen LogP contribution in [0.1, 0.15) is 56.1 Å². The highest BCUT2D eigenvalue weighted by atomic mass is 32.2. The number of rotatable bonds is 9. The first-order valence-electron chi connectivity index (χ1n) is 8.82. The summed E-state index contributed by atoms with van der Waals surface area (Å²) in [5.41, 5.74) is 1.83. The molecular formula is C19H27N5S. The number of thioether (sulfide) groups is 1. The number of benzene rings is 1. The van der Waals surface area contributed by atoms with Gasteiger partial charge in [-0.15, -0.1) is 10.2 Å². The van der Waals surface area contributed by atoms with Crippen molar-refractivity contribution >= 4 is 11.8 Å². The number of unbranched alkanes of at least 4 members (excludes halogenated alkanes) is 1. The van der Waals surface area contributed by atoms with Gasteiger partial charge in [-0.2, -0.15) is 5.26 Å². The van der Waals surface area contributed by atoms with E-state index in [1.165, 1.54) is 0 Å². The van der Waals surface area contributed by atoms with Crippen LogP contribution in [-0.4, -0.2) is 33.8 Å². The summed E-state index contributed by atoms with van der Waals surface area (Å²) in [4.78, 5) is 2.21. The molecule has 0 saturated carbocycles. The Hall–Kier alpha value is -1.84. The molecule has 1 atom stereocenters. The zero-order valence-electron chi connectivity index (χ0n) is 15.6. The molecule has 0 fully saturated rings. The summed E-state index contributed by atoms with van der Waals surface area (Å²) in [6.07, 6.45) is 3.27. The second-order valence-corrected chi connectivity index (χ2v) is 7.28. The van der Waals surface area contributed by atoms with Crippen molar-refractivity contribution in [3.8, 4) is 6.07 Å².